The zero-order chi connectivity index (χ0) is 17.4. The van der Waals surface area contributed by atoms with Crippen LogP contribution in [-0.4, -0.2) is 18.0 Å². The molecule has 25 heavy (non-hydrogen) atoms. The molecular weight excluding hydrogens is 308 g/mol. The van der Waals surface area contributed by atoms with Gasteiger partial charge in [-0.3, -0.25) is 0 Å². The van der Waals surface area contributed by atoms with E-state index in [4.69, 9.17) is 9.47 Å². The summed E-state index contributed by atoms with van der Waals surface area (Å²) in [6.45, 7) is 9.18. The van der Waals surface area contributed by atoms with Gasteiger partial charge in [0.2, 0.25) is 0 Å². The van der Waals surface area contributed by atoms with Gasteiger partial charge < -0.3 is 9.47 Å². The summed E-state index contributed by atoms with van der Waals surface area (Å²) in [4.78, 5) is 0. The molecule has 5 fully saturated rings. The first-order valence-corrected chi connectivity index (χ1v) is 11.0. The summed E-state index contributed by atoms with van der Waals surface area (Å²) in [7, 11) is 0. The van der Waals surface area contributed by atoms with E-state index in [1.165, 1.54) is 51.4 Å². The van der Waals surface area contributed by atoms with E-state index >= 15 is 0 Å². The number of allylic oxidation sites excluding steroid dienone is 2. The number of rotatable bonds is 0. The lowest BCUT2D eigenvalue weighted by atomic mass is 9.45. The smallest absolute Gasteiger partial charge is 0.163 e. The van der Waals surface area contributed by atoms with Crippen molar-refractivity contribution in [2.75, 3.05) is 0 Å². The van der Waals surface area contributed by atoms with Crippen molar-refractivity contribution in [1.82, 2.24) is 0 Å². The van der Waals surface area contributed by atoms with E-state index in [0.717, 1.165) is 23.7 Å². The highest BCUT2D eigenvalue weighted by atomic mass is 16.8. The first-order chi connectivity index (χ1) is 11.9. The molecule has 8 atom stereocenters. The van der Waals surface area contributed by atoms with Crippen molar-refractivity contribution in [3.8, 4) is 0 Å². The Labute approximate surface area is 153 Å². The van der Waals surface area contributed by atoms with Crippen LogP contribution >= 0.6 is 0 Å². The molecule has 5 rings (SSSR count). The quantitative estimate of drug-likeness (QED) is 0.524. The van der Waals surface area contributed by atoms with Crippen LogP contribution in [0.25, 0.3) is 0 Å². The van der Waals surface area contributed by atoms with E-state index in [2.05, 4.69) is 33.8 Å². The second-order valence-electron chi connectivity index (χ2n) is 10.4. The van der Waals surface area contributed by atoms with E-state index in [9.17, 15) is 0 Å². The number of fused-ring (bicyclic) bond motifs is 8. The molecule has 0 radical (unpaired) electrons. The minimum absolute atomic E-state index is 0.343. The average Bonchev–Trinajstić information content (AvgIpc) is 3.14. The molecule has 1 heterocycles. The number of ether oxygens (including phenoxy) is 2. The first-order valence-electron chi connectivity index (χ1n) is 11.0. The molecule has 0 aromatic heterocycles. The Morgan fingerprint density at radius 2 is 1.72 bits per heavy atom. The Bertz CT molecular complexity index is 579. The molecule has 5 aliphatic rings. The third kappa shape index (κ3) is 2.29. The third-order valence-electron chi connectivity index (χ3n) is 8.99. The summed E-state index contributed by atoms with van der Waals surface area (Å²) >= 11 is 0. The van der Waals surface area contributed by atoms with Gasteiger partial charge in [-0.2, -0.15) is 0 Å². The van der Waals surface area contributed by atoms with Gasteiger partial charge in [-0.1, -0.05) is 31.4 Å². The molecule has 2 heteroatoms. The van der Waals surface area contributed by atoms with Crippen LogP contribution in [0, 0.1) is 35.0 Å². The lowest BCUT2D eigenvalue weighted by Crippen LogP contribution is -2.60. The molecule has 1 saturated heterocycles. The van der Waals surface area contributed by atoms with Crippen LogP contribution in [0.2, 0.25) is 0 Å². The minimum Gasteiger partial charge on any atom is -0.344 e. The van der Waals surface area contributed by atoms with Gasteiger partial charge in [0.25, 0.3) is 0 Å². The summed E-state index contributed by atoms with van der Waals surface area (Å²) in [6.07, 6.45) is 14.3. The summed E-state index contributed by atoms with van der Waals surface area (Å²) in [5.74, 6) is 3.58. The summed E-state index contributed by atoms with van der Waals surface area (Å²) in [6, 6.07) is 0. The highest BCUT2D eigenvalue weighted by molar-refractivity contribution is 5.20. The molecular formula is C23H36O2. The number of hydrogen-bond acceptors (Lipinski definition) is 2. The summed E-state index contributed by atoms with van der Waals surface area (Å²) < 4.78 is 13.3. The molecule has 5 unspecified atom stereocenters. The van der Waals surface area contributed by atoms with Gasteiger partial charge in [-0.15, -0.1) is 0 Å². The summed E-state index contributed by atoms with van der Waals surface area (Å²) in [5, 5.41) is 0. The normalized spacial score (nSPS) is 55.4. The standard InChI is InChI=1S/C23H36O2/c1-5-14-9-10-16-15(14)11-12-17-19(16)21-20(24-22(2,3)25-21)18-8-6-7-13-23(17,18)4/h5,15-21H,6-13H2,1-4H3/t15?,16?,17?,18?,19?,20-,21-,23-/m1/s1. The molecule has 0 aromatic rings. The van der Waals surface area contributed by atoms with E-state index in [1.54, 1.807) is 5.57 Å². The van der Waals surface area contributed by atoms with Crippen molar-refractivity contribution in [2.24, 2.45) is 35.0 Å². The number of hydrogen-bond donors (Lipinski definition) is 0. The zero-order valence-electron chi connectivity index (χ0n) is 16.6. The second kappa shape index (κ2) is 5.58. The Kier molecular flexibility index (Phi) is 3.75. The zero-order valence-corrected chi connectivity index (χ0v) is 16.6. The molecule has 0 N–H and O–H groups in total. The van der Waals surface area contributed by atoms with E-state index in [-0.39, 0.29) is 0 Å². The summed E-state index contributed by atoms with van der Waals surface area (Å²) in [5.41, 5.74) is 2.23. The van der Waals surface area contributed by atoms with Crippen LogP contribution < -0.4 is 0 Å². The van der Waals surface area contributed by atoms with Crippen LogP contribution in [0.4, 0.5) is 0 Å². The fraction of sp³-hybridized carbons (Fsp3) is 0.913. The first kappa shape index (κ1) is 16.8. The maximum atomic E-state index is 6.65. The highest BCUT2D eigenvalue weighted by Gasteiger charge is 2.65. The minimum atomic E-state index is -0.391. The lowest BCUT2D eigenvalue weighted by Gasteiger charge is -2.61. The molecule has 140 valence electrons. The highest BCUT2D eigenvalue weighted by Crippen LogP contribution is 2.66. The van der Waals surface area contributed by atoms with Crippen LogP contribution in [0.3, 0.4) is 0 Å². The van der Waals surface area contributed by atoms with Crippen molar-refractivity contribution in [1.29, 1.82) is 0 Å². The molecule has 2 nitrogen and oxygen atoms in total. The van der Waals surface area contributed by atoms with Gasteiger partial charge in [-0.05, 0) is 94.3 Å². The van der Waals surface area contributed by atoms with Crippen molar-refractivity contribution in [3.05, 3.63) is 11.6 Å². The Hall–Kier alpha value is -0.340. The van der Waals surface area contributed by atoms with Crippen molar-refractivity contribution in [2.45, 2.75) is 97.1 Å². The third-order valence-corrected chi connectivity index (χ3v) is 8.99. The van der Waals surface area contributed by atoms with Gasteiger partial charge in [0.1, 0.15) is 0 Å². The predicted octanol–water partition coefficient (Wildman–Crippen LogP) is 5.72. The van der Waals surface area contributed by atoms with Crippen LogP contribution in [0.1, 0.15) is 79.1 Å². The Morgan fingerprint density at radius 1 is 0.920 bits per heavy atom. The maximum Gasteiger partial charge on any atom is 0.163 e. The van der Waals surface area contributed by atoms with Gasteiger partial charge >= 0.3 is 0 Å². The Balaban J connectivity index is 1.57. The van der Waals surface area contributed by atoms with E-state index < -0.39 is 5.79 Å². The van der Waals surface area contributed by atoms with Crippen molar-refractivity contribution < 1.29 is 9.47 Å². The largest absolute Gasteiger partial charge is 0.344 e. The van der Waals surface area contributed by atoms with Crippen LogP contribution in [0.15, 0.2) is 11.6 Å². The van der Waals surface area contributed by atoms with Gasteiger partial charge in [0.15, 0.2) is 5.79 Å². The topological polar surface area (TPSA) is 18.5 Å². The van der Waals surface area contributed by atoms with Crippen molar-refractivity contribution in [3.63, 3.8) is 0 Å². The van der Waals surface area contributed by atoms with E-state index in [0.29, 0.717) is 23.5 Å². The fourth-order valence-electron chi connectivity index (χ4n) is 8.12. The van der Waals surface area contributed by atoms with Gasteiger partial charge in [-0.25, -0.2) is 0 Å². The SMILES string of the molecule is CC=C1CCC2C1CCC1C2[C@H]2OC(C)(C)O[C@@H]2C2CCCC[C@]12C. The molecule has 1 aliphatic heterocycles. The van der Waals surface area contributed by atoms with Crippen LogP contribution in [0.5, 0.6) is 0 Å². The van der Waals surface area contributed by atoms with Gasteiger partial charge in [0.05, 0.1) is 12.2 Å². The molecule has 4 aliphatic carbocycles. The van der Waals surface area contributed by atoms with E-state index in [1.807, 2.05) is 0 Å². The van der Waals surface area contributed by atoms with Gasteiger partial charge in [0, 0.05) is 0 Å². The molecule has 0 aromatic carbocycles. The fourth-order valence-corrected chi connectivity index (χ4v) is 8.12. The predicted molar refractivity (Wildman–Crippen MR) is 100 cm³/mol. The lowest BCUT2D eigenvalue weighted by molar-refractivity contribution is -0.161. The second-order valence-corrected chi connectivity index (χ2v) is 10.4. The molecule has 0 spiro atoms. The average molecular weight is 345 g/mol. The molecule has 0 bridgehead atoms. The van der Waals surface area contributed by atoms with Crippen molar-refractivity contribution >= 4 is 0 Å². The molecule has 0 amide bonds. The Morgan fingerprint density at radius 3 is 2.52 bits per heavy atom. The maximum absolute atomic E-state index is 6.65. The molecule has 4 saturated carbocycles. The van der Waals surface area contributed by atoms with Crippen LogP contribution in [-0.2, 0) is 9.47 Å². The monoisotopic (exact) mass is 344 g/mol.